The van der Waals surface area contributed by atoms with Gasteiger partial charge in [-0.3, -0.25) is 19.2 Å². The summed E-state index contributed by atoms with van der Waals surface area (Å²) in [5, 5.41) is 6.06. The van der Waals surface area contributed by atoms with E-state index in [1.54, 1.807) is 6.20 Å². The minimum atomic E-state index is -0.142. The SMILES string of the molecule is Cc1cc2[nH]c(=O)c3cnn(C4CCOCC4)c3c2cc1C(=O)N1CCC(CN2CCOCC2)CC1. The van der Waals surface area contributed by atoms with Gasteiger partial charge in [-0.1, -0.05) is 0 Å². The molecule has 2 aromatic heterocycles. The van der Waals surface area contributed by atoms with E-state index in [0.717, 1.165) is 93.6 Å². The lowest BCUT2D eigenvalue weighted by Crippen LogP contribution is -2.44. The minimum Gasteiger partial charge on any atom is -0.381 e. The summed E-state index contributed by atoms with van der Waals surface area (Å²) >= 11 is 0. The van der Waals surface area contributed by atoms with Crippen LogP contribution in [0.4, 0.5) is 0 Å². The summed E-state index contributed by atoms with van der Waals surface area (Å²) in [7, 11) is 0. The van der Waals surface area contributed by atoms with Crippen molar-refractivity contribution < 1.29 is 14.3 Å². The Morgan fingerprint density at radius 2 is 1.72 bits per heavy atom. The molecule has 5 heterocycles. The number of rotatable bonds is 4. The largest absolute Gasteiger partial charge is 0.381 e. The number of pyridine rings is 1. The normalized spacial score (nSPS) is 21.0. The molecular weight excluding hydrogens is 458 g/mol. The molecule has 0 unspecified atom stereocenters. The van der Waals surface area contributed by atoms with Gasteiger partial charge in [0.25, 0.3) is 11.5 Å². The Kier molecular flexibility index (Phi) is 6.54. The number of aromatic amines is 1. The molecule has 3 aliphatic heterocycles. The van der Waals surface area contributed by atoms with E-state index in [4.69, 9.17) is 9.47 Å². The van der Waals surface area contributed by atoms with Gasteiger partial charge < -0.3 is 19.4 Å². The topological polar surface area (TPSA) is 92.7 Å². The fourth-order valence-electron chi connectivity index (χ4n) is 6.07. The average Bonchev–Trinajstić information content (AvgIpc) is 3.36. The van der Waals surface area contributed by atoms with E-state index in [1.165, 1.54) is 0 Å². The summed E-state index contributed by atoms with van der Waals surface area (Å²) in [6.07, 6.45) is 5.45. The molecule has 3 aliphatic rings. The Morgan fingerprint density at radius 1 is 1.00 bits per heavy atom. The third-order valence-electron chi connectivity index (χ3n) is 8.20. The molecule has 36 heavy (non-hydrogen) atoms. The van der Waals surface area contributed by atoms with Crippen LogP contribution < -0.4 is 5.56 Å². The highest BCUT2D eigenvalue weighted by atomic mass is 16.5. The van der Waals surface area contributed by atoms with E-state index in [1.807, 2.05) is 28.6 Å². The van der Waals surface area contributed by atoms with Crippen molar-refractivity contribution in [2.45, 2.75) is 38.6 Å². The smallest absolute Gasteiger partial charge is 0.259 e. The van der Waals surface area contributed by atoms with Crippen LogP contribution in [0.3, 0.4) is 0 Å². The van der Waals surface area contributed by atoms with E-state index in [9.17, 15) is 9.59 Å². The number of likely N-dealkylation sites (tertiary alicyclic amines) is 1. The van der Waals surface area contributed by atoms with Crippen LogP contribution in [0.15, 0.2) is 23.1 Å². The number of H-pyrrole nitrogens is 1. The van der Waals surface area contributed by atoms with Crippen LogP contribution >= 0.6 is 0 Å². The lowest BCUT2D eigenvalue weighted by Gasteiger charge is -2.36. The summed E-state index contributed by atoms with van der Waals surface area (Å²) in [6.45, 7) is 9.67. The van der Waals surface area contributed by atoms with E-state index < -0.39 is 0 Å². The quantitative estimate of drug-likeness (QED) is 0.601. The first-order valence-corrected chi connectivity index (χ1v) is 13.3. The number of carbonyl (C=O) groups is 1. The molecule has 0 bridgehead atoms. The van der Waals surface area contributed by atoms with Crippen molar-refractivity contribution in [3.05, 3.63) is 39.8 Å². The maximum absolute atomic E-state index is 13.7. The molecule has 0 aliphatic carbocycles. The number of fused-ring (bicyclic) bond motifs is 3. The van der Waals surface area contributed by atoms with Gasteiger partial charge in [-0.25, -0.2) is 0 Å². The molecule has 1 N–H and O–H groups in total. The molecule has 3 aromatic rings. The number of ether oxygens (including phenoxy) is 2. The molecule has 0 atom stereocenters. The highest BCUT2D eigenvalue weighted by Crippen LogP contribution is 2.30. The van der Waals surface area contributed by atoms with Crippen molar-refractivity contribution in [1.82, 2.24) is 24.6 Å². The maximum Gasteiger partial charge on any atom is 0.259 e. The van der Waals surface area contributed by atoms with Crippen LogP contribution in [0.25, 0.3) is 21.8 Å². The second-order valence-corrected chi connectivity index (χ2v) is 10.5. The lowest BCUT2D eigenvalue weighted by atomic mass is 9.94. The molecule has 192 valence electrons. The van der Waals surface area contributed by atoms with Crippen molar-refractivity contribution in [2.75, 3.05) is 59.2 Å². The fraction of sp³-hybridized carbons (Fsp3) is 0.593. The van der Waals surface area contributed by atoms with Crippen LogP contribution in [0.5, 0.6) is 0 Å². The van der Waals surface area contributed by atoms with Gasteiger partial charge in [0.15, 0.2) is 0 Å². The van der Waals surface area contributed by atoms with Crippen LogP contribution in [-0.2, 0) is 9.47 Å². The Bertz CT molecular complexity index is 1310. The van der Waals surface area contributed by atoms with Crippen molar-refractivity contribution in [1.29, 1.82) is 0 Å². The number of morpholine rings is 1. The number of hydrogen-bond donors (Lipinski definition) is 1. The molecule has 0 radical (unpaired) electrons. The van der Waals surface area contributed by atoms with Gasteiger partial charge in [-0.15, -0.1) is 0 Å². The van der Waals surface area contributed by atoms with E-state index in [0.29, 0.717) is 30.1 Å². The number of aromatic nitrogens is 3. The molecule has 9 nitrogen and oxygen atoms in total. The molecule has 9 heteroatoms. The number of benzene rings is 1. The zero-order valence-electron chi connectivity index (χ0n) is 21.0. The molecular formula is C27H35N5O4. The summed E-state index contributed by atoms with van der Waals surface area (Å²) < 4.78 is 13.0. The van der Waals surface area contributed by atoms with E-state index in [2.05, 4.69) is 15.0 Å². The van der Waals surface area contributed by atoms with Crippen molar-refractivity contribution in [3.8, 4) is 0 Å². The molecule has 3 saturated heterocycles. The van der Waals surface area contributed by atoms with Crippen molar-refractivity contribution in [3.63, 3.8) is 0 Å². The van der Waals surface area contributed by atoms with Crippen LogP contribution in [0, 0.1) is 12.8 Å². The van der Waals surface area contributed by atoms with E-state index >= 15 is 0 Å². The number of hydrogen-bond acceptors (Lipinski definition) is 6. The standard InChI is InChI=1S/C27H35N5O4/c1-18-14-24-22(25-23(26(33)29-24)16-28-32(25)20-4-10-35-11-5-20)15-21(18)27(34)31-6-2-19(3-7-31)17-30-8-12-36-13-9-30/h14-16,19-20H,2-13,17H2,1H3,(H,29,33). The first-order valence-electron chi connectivity index (χ1n) is 13.3. The average molecular weight is 494 g/mol. The Balaban J connectivity index is 1.27. The van der Waals surface area contributed by atoms with Crippen molar-refractivity contribution in [2.24, 2.45) is 5.92 Å². The zero-order valence-corrected chi connectivity index (χ0v) is 21.0. The second kappa shape index (κ2) is 9.95. The number of nitrogens with zero attached hydrogens (tertiary/aromatic N) is 4. The number of carbonyl (C=O) groups excluding carboxylic acids is 1. The van der Waals surface area contributed by atoms with Crippen LogP contribution in [0.2, 0.25) is 0 Å². The van der Waals surface area contributed by atoms with Gasteiger partial charge in [-0.05, 0) is 56.2 Å². The highest BCUT2D eigenvalue weighted by Gasteiger charge is 2.27. The number of aryl methyl sites for hydroxylation is 1. The molecule has 3 fully saturated rings. The Hall–Kier alpha value is -2.75. The maximum atomic E-state index is 13.7. The third-order valence-corrected chi connectivity index (χ3v) is 8.20. The van der Waals surface area contributed by atoms with Gasteiger partial charge in [0.2, 0.25) is 0 Å². The van der Waals surface area contributed by atoms with Crippen molar-refractivity contribution >= 4 is 27.7 Å². The first-order chi connectivity index (χ1) is 17.6. The first kappa shape index (κ1) is 23.6. The number of amides is 1. The minimum absolute atomic E-state index is 0.0794. The predicted molar refractivity (Wildman–Crippen MR) is 138 cm³/mol. The van der Waals surface area contributed by atoms with Gasteiger partial charge >= 0.3 is 0 Å². The highest BCUT2D eigenvalue weighted by molar-refractivity contribution is 6.07. The van der Waals surface area contributed by atoms with Crippen LogP contribution in [0.1, 0.15) is 47.6 Å². The summed E-state index contributed by atoms with van der Waals surface area (Å²) in [5.41, 5.74) is 3.02. The molecule has 0 saturated carbocycles. The van der Waals surface area contributed by atoms with Gasteiger partial charge in [0.05, 0.1) is 41.9 Å². The summed E-state index contributed by atoms with van der Waals surface area (Å²) in [5.74, 6) is 0.707. The molecule has 6 rings (SSSR count). The van der Waals surface area contributed by atoms with Gasteiger partial charge in [0.1, 0.15) is 0 Å². The molecule has 0 spiro atoms. The Labute approximate surface area is 210 Å². The third kappa shape index (κ3) is 4.44. The van der Waals surface area contributed by atoms with Gasteiger partial charge in [-0.2, -0.15) is 5.10 Å². The number of piperidine rings is 1. The monoisotopic (exact) mass is 493 g/mol. The predicted octanol–water partition coefficient (Wildman–Crippen LogP) is 2.72. The Morgan fingerprint density at radius 3 is 2.47 bits per heavy atom. The van der Waals surface area contributed by atoms with Crippen LogP contribution in [-0.4, -0.2) is 89.6 Å². The molecule has 1 amide bonds. The van der Waals surface area contributed by atoms with Gasteiger partial charge in [0, 0.05) is 56.9 Å². The van der Waals surface area contributed by atoms with E-state index in [-0.39, 0.29) is 17.5 Å². The number of nitrogens with one attached hydrogen (secondary N) is 1. The molecule has 1 aromatic carbocycles. The summed E-state index contributed by atoms with van der Waals surface area (Å²) in [4.78, 5) is 34.0. The second-order valence-electron chi connectivity index (χ2n) is 10.5. The lowest BCUT2D eigenvalue weighted by molar-refractivity contribution is 0.0243. The zero-order chi connectivity index (χ0) is 24.6. The summed E-state index contributed by atoms with van der Waals surface area (Å²) in [6, 6.07) is 4.10. The fourth-order valence-corrected chi connectivity index (χ4v) is 6.07.